The Kier molecular flexibility index (Phi) is 7.40. The van der Waals surface area contributed by atoms with Crippen LogP contribution in [0.5, 0.6) is 0 Å². The van der Waals surface area contributed by atoms with Gasteiger partial charge in [-0.2, -0.15) is 0 Å². The van der Waals surface area contributed by atoms with Crippen LogP contribution >= 0.6 is 0 Å². The van der Waals surface area contributed by atoms with Gasteiger partial charge in [0.1, 0.15) is 0 Å². The van der Waals surface area contributed by atoms with Crippen LogP contribution in [0.4, 0.5) is 0 Å². The first-order chi connectivity index (χ1) is 9.39. The topological polar surface area (TPSA) is 42.0 Å². The van der Waals surface area contributed by atoms with E-state index in [0.29, 0.717) is 6.04 Å². The largest absolute Gasteiger partial charge is 0.395 e. The van der Waals surface area contributed by atoms with Crippen molar-refractivity contribution < 1.29 is 5.11 Å². The van der Waals surface area contributed by atoms with Crippen molar-refractivity contribution >= 4 is 0 Å². The van der Waals surface area contributed by atoms with Crippen LogP contribution in [0.25, 0.3) is 0 Å². The van der Waals surface area contributed by atoms with Gasteiger partial charge in [0, 0.05) is 31.2 Å². The molecule has 2 N–H and O–H groups in total. The third-order valence-corrected chi connectivity index (χ3v) is 4.71. The molecule has 1 unspecified atom stereocenters. The van der Waals surface area contributed by atoms with Gasteiger partial charge in [0.25, 0.3) is 0 Å². The first kappa shape index (κ1) is 17.9. The summed E-state index contributed by atoms with van der Waals surface area (Å²) in [6.45, 7) is 7.59. The fourth-order valence-electron chi connectivity index (χ4n) is 2.98. The first-order valence-electron chi connectivity index (χ1n) is 7.78. The average molecular weight is 286 g/mol. The minimum Gasteiger partial charge on any atom is -0.395 e. The Bertz CT molecular complexity index is 265. The summed E-state index contributed by atoms with van der Waals surface area (Å²) in [4.78, 5) is 6.99. The Labute approximate surface area is 124 Å². The monoisotopic (exact) mass is 286 g/mol. The van der Waals surface area contributed by atoms with Crippen LogP contribution in [0.15, 0.2) is 0 Å². The summed E-state index contributed by atoms with van der Waals surface area (Å²) >= 11 is 0. The molecule has 1 rings (SSSR count). The number of nitrogens with one attached hydrogen (secondary N) is 1. The quantitative estimate of drug-likeness (QED) is 0.653. The second-order valence-electron chi connectivity index (χ2n) is 6.69. The molecule has 0 amide bonds. The van der Waals surface area contributed by atoms with Crippen LogP contribution in [0.1, 0.15) is 19.8 Å². The zero-order valence-corrected chi connectivity index (χ0v) is 14.0. The lowest BCUT2D eigenvalue weighted by atomic mass is 9.86. The van der Waals surface area contributed by atoms with Gasteiger partial charge in [-0.1, -0.05) is 0 Å². The highest BCUT2D eigenvalue weighted by molar-refractivity contribution is 4.95. The summed E-state index contributed by atoms with van der Waals surface area (Å²) in [6.07, 6.45) is 2.45. The molecule has 1 fully saturated rings. The van der Waals surface area contributed by atoms with E-state index < -0.39 is 0 Å². The van der Waals surface area contributed by atoms with Crippen LogP contribution in [0.3, 0.4) is 0 Å². The fraction of sp³-hybridized carbons (Fsp3) is 1.00. The molecule has 0 aromatic heterocycles. The molecule has 1 saturated heterocycles. The van der Waals surface area contributed by atoms with Crippen LogP contribution in [0, 0.1) is 0 Å². The summed E-state index contributed by atoms with van der Waals surface area (Å²) in [7, 11) is 8.68. The maximum Gasteiger partial charge on any atom is 0.0558 e. The van der Waals surface area contributed by atoms with Crippen molar-refractivity contribution in [1.29, 1.82) is 0 Å². The number of rotatable bonds is 8. The molecule has 1 atom stereocenters. The minimum atomic E-state index is 0.233. The molecule has 0 bridgehead atoms. The Morgan fingerprint density at radius 3 is 2.35 bits per heavy atom. The highest BCUT2D eigenvalue weighted by Gasteiger charge is 2.35. The second-order valence-corrected chi connectivity index (χ2v) is 6.69. The Morgan fingerprint density at radius 1 is 1.25 bits per heavy atom. The van der Waals surface area contributed by atoms with Gasteiger partial charge in [0.2, 0.25) is 0 Å². The molecule has 20 heavy (non-hydrogen) atoms. The molecular formula is C15H34N4O. The van der Waals surface area contributed by atoms with E-state index in [9.17, 15) is 0 Å². The highest BCUT2D eigenvalue weighted by atomic mass is 16.3. The molecule has 1 aliphatic heterocycles. The summed E-state index contributed by atoms with van der Waals surface area (Å²) in [6, 6.07) is 0.447. The molecule has 120 valence electrons. The van der Waals surface area contributed by atoms with E-state index in [4.69, 9.17) is 5.11 Å². The van der Waals surface area contributed by atoms with Crippen LogP contribution < -0.4 is 5.32 Å². The first-order valence-corrected chi connectivity index (χ1v) is 7.78. The molecule has 5 nitrogen and oxygen atoms in total. The number of hydrogen-bond donors (Lipinski definition) is 2. The molecule has 1 heterocycles. The maximum atomic E-state index is 8.95. The number of likely N-dealkylation sites (tertiary alicyclic amines) is 1. The zero-order valence-electron chi connectivity index (χ0n) is 14.0. The standard InChI is InChI=1S/C15H34N4O/c1-14(12-19(5)10-11-20)16-13-15(17(2)3)6-8-18(4)9-7-15/h14,16,20H,6-13H2,1-5H3. The van der Waals surface area contributed by atoms with Gasteiger partial charge in [0.15, 0.2) is 0 Å². The maximum absolute atomic E-state index is 8.95. The summed E-state index contributed by atoms with van der Waals surface area (Å²) < 4.78 is 0. The van der Waals surface area contributed by atoms with Crippen molar-refractivity contribution in [2.75, 3.05) is 67.5 Å². The number of aliphatic hydroxyl groups excluding tert-OH is 1. The van der Waals surface area contributed by atoms with Gasteiger partial charge in [0.05, 0.1) is 6.61 Å². The summed E-state index contributed by atoms with van der Waals surface area (Å²) in [5, 5.41) is 12.6. The molecule has 5 heteroatoms. The van der Waals surface area contributed by atoms with E-state index in [1.165, 1.54) is 25.9 Å². The van der Waals surface area contributed by atoms with Gasteiger partial charge in [-0.15, -0.1) is 0 Å². The lowest BCUT2D eigenvalue weighted by molar-refractivity contribution is 0.0626. The molecule has 0 radical (unpaired) electrons. The van der Waals surface area contributed by atoms with Crippen LogP contribution in [-0.2, 0) is 0 Å². The molecule has 0 aliphatic carbocycles. The third-order valence-electron chi connectivity index (χ3n) is 4.71. The van der Waals surface area contributed by atoms with Crippen LogP contribution in [0.2, 0.25) is 0 Å². The Balaban J connectivity index is 2.43. The summed E-state index contributed by atoms with van der Waals surface area (Å²) in [5.74, 6) is 0. The van der Waals surface area contributed by atoms with Gasteiger partial charge in [-0.25, -0.2) is 0 Å². The van der Waals surface area contributed by atoms with Crippen molar-refractivity contribution in [1.82, 2.24) is 20.0 Å². The second kappa shape index (κ2) is 8.29. The van der Waals surface area contributed by atoms with Gasteiger partial charge in [-0.05, 0) is 61.0 Å². The zero-order chi connectivity index (χ0) is 15.2. The molecule has 0 saturated carbocycles. The predicted molar refractivity (Wildman–Crippen MR) is 85.2 cm³/mol. The number of likely N-dealkylation sites (N-methyl/N-ethyl adjacent to an activating group) is 2. The number of hydrogen-bond acceptors (Lipinski definition) is 5. The van der Waals surface area contributed by atoms with Crippen molar-refractivity contribution in [3.05, 3.63) is 0 Å². The fourth-order valence-corrected chi connectivity index (χ4v) is 2.98. The molecule has 1 aliphatic rings. The summed E-state index contributed by atoms with van der Waals surface area (Å²) in [5.41, 5.74) is 0.288. The van der Waals surface area contributed by atoms with E-state index in [0.717, 1.165) is 19.6 Å². The molecule has 0 aromatic rings. The number of aliphatic hydroxyl groups is 1. The van der Waals surface area contributed by atoms with E-state index in [2.05, 4.69) is 55.1 Å². The smallest absolute Gasteiger partial charge is 0.0558 e. The van der Waals surface area contributed by atoms with Crippen molar-refractivity contribution in [2.45, 2.75) is 31.3 Å². The Morgan fingerprint density at radius 2 is 1.85 bits per heavy atom. The molecule has 0 aromatic carbocycles. The third kappa shape index (κ3) is 5.30. The predicted octanol–water partition coefficient (Wildman–Crippen LogP) is -0.0854. The van der Waals surface area contributed by atoms with Crippen molar-refractivity contribution in [3.63, 3.8) is 0 Å². The van der Waals surface area contributed by atoms with Gasteiger partial charge < -0.3 is 25.1 Å². The number of piperidine rings is 1. The highest BCUT2D eigenvalue weighted by Crippen LogP contribution is 2.25. The van der Waals surface area contributed by atoms with Crippen LogP contribution in [-0.4, -0.2) is 98.9 Å². The number of nitrogens with zero attached hydrogens (tertiary/aromatic N) is 3. The average Bonchev–Trinajstić information content (AvgIpc) is 2.38. The lowest BCUT2D eigenvalue weighted by Gasteiger charge is -2.46. The van der Waals surface area contributed by atoms with E-state index >= 15 is 0 Å². The lowest BCUT2D eigenvalue weighted by Crippen LogP contribution is -2.58. The Hall–Kier alpha value is -0.200. The van der Waals surface area contributed by atoms with Gasteiger partial charge >= 0.3 is 0 Å². The molecular weight excluding hydrogens is 252 g/mol. The van der Waals surface area contributed by atoms with Crippen molar-refractivity contribution in [3.8, 4) is 0 Å². The molecule has 0 spiro atoms. The van der Waals surface area contributed by atoms with E-state index in [1.807, 2.05) is 0 Å². The van der Waals surface area contributed by atoms with Crippen molar-refractivity contribution in [2.24, 2.45) is 0 Å². The SMILES string of the molecule is CC(CN(C)CCO)NCC1(N(C)C)CCN(C)CC1. The minimum absolute atomic E-state index is 0.233. The van der Waals surface area contributed by atoms with E-state index in [1.54, 1.807) is 0 Å². The van der Waals surface area contributed by atoms with Gasteiger partial charge in [-0.3, -0.25) is 0 Å². The normalized spacial score (nSPS) is 21.6. The van der Waals surface area contributed by atoms with E-state index in [-0.39, 0.29) is 12.1 Å².